The van der Waals surface area contributed by atoms with E-state index < -0.39 is 0 Å². The van der Waals surface area contributed by atoms with E-state index in [1.54, 1.807) is 0 Å². The van der Waals surface area contributed by atoms with E-state index in [0.29, 0.717) is 4.91 Å². The van der Waals surface area contributed by atoms with E-state index in [2.05, 4.69) is 20.3 Å². The van der Waals surface area contributed by atoms with Gasteiger partial charge in [-0.2, -0.15) is 9.66 Å². The van der Waals surface area contributed by atoms with Gasteiger partial charge in [-0.25, -0.2) is 0 Å². The van der Waals surface area contributed by atoms with Gasteiger partial charge in [0.15, 0.2) is 5.17 Å². The van der Waals surface area contributed by atoms with Crippen LogP contribution in [0.25, 0.3) is 0 Å². The zero-order valence-electron chi connectivity index (χ0n) is 5.47. The summed E-state index contributed by atoms with van der Waals surface area (Å²) in [5.41, 5.74) is 0.221. The highest BCUT2D eigenvalue weighted by Gasteiger charge is 2.20. The molecule has 0 aromatic heterocycles. The first-order chi connectivity index (χ1) is 5.66. The van der Waals surface area contributed by atoms with Gasteiger partial charge < -0.3 is 0 Å². The molecule has 0 fully saturated rings. The predicted molar refractivity (Wildman–Crippen MR) is 57.8 cm³/mol. The molecule has 0 saturated heterocycles. The van der Waals surface area contributed by atoms with Gasteiger partial charge in [-0.3, -0.25) is 5.41 Å². The number of halogens is 2. The third kappa shape index (κ3) is 2.04. The smallest absolute Gasteiger partial charge is 0.154 e. The Morgan fingerprint density at radius 3 is 2.75 bits per heavy atom. The van der Waals surface area contributed by atoms with E-state index in [4.69, 9.17) is 22.3 Å². The van der Waals surface area contributed by atoms with Crippen molar-refractivity contribution in [3.8, 4) is 6.07 Å². The largest absolute Gasteiger partial charge is 0.292 e. The second kappa shape index (κ2) is 4.33. The molecule has 1 N–H and O–H groups in total. The summed E-state index contributed by atoms with van der Waals surface area (Å²) in [5, 5.41) is 16.1. The molecule has 1 rings (SSSR count). The zero-order chi connectivity index (χ0) is 9.14. The summed E-state index contributed by atoms with van der Waals surface area (Å²) in [6.45, 7) is 0. The van der Waals surface area contributed by atoms with E-state index >= 15 is 0 Å². The molecule has 0 aliphatic carbocycles. The molecular weight excluding hydrogens is 282 g/mol. The number of hydrogen-bond acceptors (Lipinski definition) is 5. The van der Waals surface area contributed by atoms with Gasteiger partial charge in [0, 0.05) is 0 Å². The molecule has 62 valence electrons. The van der Waals surface area contributed by atoms with E-state index in [9.17, 15) is 0 Å². The summed E-state index contributed by atoms with van der Waals surface area (Å²) in [7, 11) is 2.48. The third-order valence-corrected chi connectivity index (χ3v) is 3.71. The molecule has 0 bridgehead atoms. The molecule has 7 heteroatoms. The summed E-state index contributed by atoms with van der Waals surface area (Å²) in [6.07, 6.45) is 0. The molecule has 0 spiro atoms. The molecule has 3 nitrogen and oxygen atoms in total. The van der Waals surface area contributed by atoms with Crippen molar-refractivity contribution in [2.75, 3.05) is 0 Å². The van der Waals surface area contributed by atoms with E-state index in [1.165, 1.54) is 21.8 Å². The van der Waals surface area contributed by atoms with Gasteiger partial charge in [0.05, 0.1) is 15.9 Å². The van der Waals surface area contributed by atoms with Gasteiger partial charge in [-0.05, 0) is 26.7 Å². The second-order valence-corrected chi connectivity index (χ2v) is 4.67. The Balaban J connectivity index is 3.12. The van der Waals surface area contributed by atoms with Crippen molar-refractivity contribution < 1.29 is 0 Å². The maximum absolute atomic E-state index is 8.66. The van der Waals surface area contributed by atoms with E-state index in [1.807, 2.05) is 6.07 Å². The van der Waals surface area contributed by atoms with Crippen LogP contribution in [0.1, 0.15) is 0 Å². The maximum atomic E-state index is 8.66. The number of rotatable bonds is 1. The molecule has 0 atom stereocenters. The lowest BCUT2D eigenvalue weighted by atomic mass is 10.3. The monoisotopic (exact) mass is 281 g/mol. The average Bonchev–Trinajstić information content (AvgIpc) is 2.38. The van der Waals surface area contributed by atoms with Crippen LogP contribution in [0.15, 0.2) is 14.9 Å². The van der Waals surface area contributed by atoms with Gasteiger partial charge in [-0.15, -0.1) is 0 Å². The molecule has 0 aromatic rings. The number of nitriles is 1. The molecule has 0 aromatic carbocycles. The predicted octanol–water partition coefficient (Wildman–Crippen LogP) is 3.08. The molecule has 0 radical (unpaired) electrons. The summed E-state index contributed by atoms with van der Waals surface area (Å²) >= 11 is 8.58. The van der Waals surface area contributed by atoms with Gasteiger partial charge in [0.1, 0.15) is 16.3 Å². The summed E-state index contributed by atoms with van der Waals surface area (Å²) in [6, 6.07) is 1.88. The second-order valence-electron chi connectivity index (χ2n) is 1.67. The Bertz CT molecular complexity index is 330. The Morgan fingerprint density at radius 1 is 1.75 bits per heavy atom. The van der Waals surface area contributed by atoms with E-state index in [0.717, 1.165) is 0 Å². The first kappa shape index (κ1) is 10.1. The van der Waals surface area contributed by atoms with Crippen LogP contribution in [0.5, 0.6) is 0 Å². The Labute approximate surface area is 90.4 Å². The fraction of sp³-hybridized carbons (Fsp3) is 0. The van der Waals surface area contributed by atoms with Crippen molar-refractivity contribution in [3.05, 3.63) is 10.5 Å². The molecule has 1 heterocycles. The molecule has 1 aliphatic rings. The topological polar surface area (TPSA) is 60.0 Å². The molecular formula is C5HBrClN3S2. The maximum Gasteiger partial charge on any atom is 0.154 e. The van der Waals surface area contributed by atoms with Gasteiger partial charge in [0.25, 0.3) is 0 Å². The molecule has 0 unspecified atom stereocenters. The third-order valence-electron chi connectivity index (χ3n) is 0.984. The standard InChI is InChI=1S/C5HBrClN3S2/c6-4(9)2(1-8)3-5(7)10-12-11-3/h9H/b3-2-,9-4?. The zero-order valence-corrected chi connectivity index (χ0v) is 9.44. The minimum absolute atomic E-state index is 0.0309. The van der Waals surface area contributed by atoms with Crippen LogP contribution < -0.4 is 0 Å². The van der Waals surface area contributed by atoms with Crippen LogP contribution in [0.4, 0.5) is 0 Å². The van der Waals surface area contributed by atoms with Gasteiger partial charge >= 0.3 is 0 Å². The Morgan fingerprint density at radius 2 is 2.42 bits per heavy atom. The molecule has 1 aliphatic heterocycles. The highest BCUT2D eigenvalue weighted by molar-refractivity contribution is 9.18. The highest BCUT2D eigenvalue weighted by Crippen LogP contribution is 2.42. The van der Waals surface area contributed by atoms with Crippen LogP contribution in [0.2, 0.25) is 0 Å². The fourth-order valence-corrected chi connectivity index (χ4v) is 3.22. The normalized spacial score (nSPS) is 19.9. The van der Waals surface area contributed by atoms with E-state index in [-0.39, 0.29) is 15.4 Å². The molecule has 12 heavy (non-hydrogen) atoms. The number of hydrogen-bond donors (Lipinski definition) is 1. The quantitative estimate of drug-likeness (QED) is 0.348. The van der Waals surface area contributed by atoms with Crippen LogP contribution in [0.3, 0.4) is 0 Å². The molecule has 0 amide bonds. The average molecular weight is 283 g/mol. The van der Waals surface area contributed by atoms with Crippen LogP contribution in [0, 0.1) is 16.7 Å². The van der Waals surface area contributed by atoms with Crippen molar-refractivity contribution in [1.29, 1.82) is 10.7 Å². The lowest BCUT2D eigenvalue weighted by molar-refractivity contribution is 1.49. The minimum atomic E-state index is 0.0309. The van der Waals surface area contributed by atoms with Gasteiger partial charge in [0.2, 0.25) is 0 Å². The highest BCUT2D eigenvalue weighted by atomic mass is 79.9. The number of allylic oxidation sites excluding steroid dienone is 2. The van der Waals surface area contributed by atoms with Crippen molar-refractivity contribution >= 4 is 59.1 Å². The van der Waals surface area contributed by atoms with Crippen molar-refractivity contribution in [2.45, 2.75) is 0 Å². The van der Waals surface area contributed by atoms with Crippen molar-refractivity contribution in [1.82, 2.24) is 0 Å². The van der Waals surface area contributed by atoms with Crippen LogP contribution >= 0.6 is 49.3 Å². The van der Waals surface area contributed by atoms with Crippen LogP contribution in [-0.2, 0) is 0 Å². The fourth-order valence-electron chi connectivity index (χ4n) is 0.509. The lowest BCUT2D eigenvalue weighted by Gasteiger charge is -1.95. The van der Waals surface area contributed by atoms with Crippen molar-refractivity contribution in [3.63, 3.8) is 0 Å². The SMILES string of the molecule is N#C/C(C(=N)Br)=C1/SSN=C1Cl. The van der Waals surface area contributed by atoms with Crippen molar-refractivity contribution in [2.24, 2.45) is 4.40 Å². The van der Waals surface area contributed by atoms with Crippen LogP contribution in [-0.4, -0.2) is 9.79 Å². The summed E-state index contributed by atoms with van der Waals surface area (Å²) in [4.78, 5) is 0.547. The lowest BCUT2D eigenvalue weighted by Crippen LogP contribution is -1.96. The number of nitrogens with zero attached hydrogens (tertiary/aromatic N) is 2. The van der Waals surface area contributed by atoms with Gasteiger partial charge in [-0.1, -0.05) is 11.6 Å². The number of nitrogens with one attached hydrogen (secondary N) is 1. The molecule has 0 saturated carbocycles. The minimum Gasteiger partial charge on any atom is -0.292 e. The summed E-state index contributed by atoms with van der Waals surface area (Å²) < 4.78 is 3.83. The summed E-state index contributed by atoms with van der Waals surface area (Å²) in [5.74, 6) is 0. The Kier molecular flexibility index (Phi) is 3.65. The Hall–Kier alpha value is 0.0400. The first-order valence-electron chi connectivity index (χ1n) is 2.63. The first-order valence-corrected chi connectivity index (χ1v) is 5.91.